The molecule has 2 heterocycles. The number of aromatic hydroxyl groups is 1. The SMILES string of the molecule is Cc1ccc(N[C@H](c2ccncc2)c2ccc3cccnc3c2O)cc1. The molecule has 128 valence electrons. The number of rotatable bonds is 4. The van der Waals surface area contributed by atoms with E-state index in [1.54, 1.807) is 18.6 Å². The number of nitrogens with one attached hydrogen (secondary N) is 1. The molecule has 0 radical (unpaired) electrons. The van der Waals surface area contributed by atoms with Crippen molar-refractivity contribution < 1.29 is 5.11 Å². The molecule has 0 bridgehead atoms. The number of phenolic OH excluding ortho intramolecular Hbond substituents is 1. The van der Waals surface area contributed by atoms with Crippen LogP contribution in [0.4, 0.5) is 5.69 Å². The van der Waals surface area contributed by atoms with Gasteiger partial charge in [0.05, 0.1) is 6.04 Å². The monoisotopic (exact) mass is 341 g/mol. The maximum Gasteiger partial charge on any atom is 0.147 e. The molecule has 0 amide bonds. The Morgan fingerprint density at radius 3 is 2.42 bits per heavy atom. The van der Waals surface area contributed by atoms with Crippen LogP contribution in [0.2, 0.25) is 0 Å². The Labute approximate surface area is 152 Å². The van der Waals surface area contributed by atoms with E-state index in [0.29, 0.717) is 5.52 Å². The first-order valence-corrected chi connectivity index (χ1v) is 8.52. The van der Waals surface area contributed by atoms with Crippen LogP contribution in [-0.2, 0) is 0 Å². The number of anilines is 1. The summed E-state index contributed by atoms with van der Waals surface area (Å²) in [5, 5.41) is 15.3. The number of hydrogen-bond acceptors (Lipinski definition) is 4. The average molecular weight is 341 g/mol. The second-order valence-corrected chi connectivity index (χ2v) is 6.30. The molecule has 0 unspecified atom stereocenters. The Balaban J connectivity index is 1.83. The third-order valence-corrected chi connectivity index (χ3v) is 4.49. The standard InChI is InChI=1S/C22H19N3O/c1-15-4-7-18(8-5-15)25-20(17-10-13-23-14-11-17)19-9-6-16-3-2-12-24-21(16)22(19)26/h2-14,20,25-26H,1H3/t20-/m1/s1. The van der Waals surface area contributed by atoms with Crippen molar-refractivity contribution in [3.05, 3.63) is 95.9 Å². The smallest absolute Gasteiger partial charge is 0.147 e. The van der Waals surface area contributed by atoms with E-state index in [1.165, 1.54) is 5.56 Å². The van der Waals surface area contributed by atoms with Crippen molar-refractivity contribution >= 4 is 16.6 Å². The number of benzene rings is 2. The summed E-state index contributed by atoms with van der Waals surface area (Å²) in [6.07, 6.45) is 5.21. The summed E-state index contributed by atoms with van der Waals surface area (Å²) in [5.74, 6) is 0.199. The molecule has 0 saturated carbocycles. The maximum absolute atomic E-state index is 10.9. The summed E-state index contributed by atoms with van der Waals surface area (Å²) in [5.41, 5.74) is 4.59. The quantitative estimate of drug-likeness (QED) is 0.557. The topological polar surface area (TPSA) is 58.0 Å². The molecular formula is C22H19N3O. The number of pyridine rings is 2. The molecule has 0 aliphatic carbocycles. The summed E-state index contributed by atoms with van der Waals surface area (Å²) in [6, 6.07) is 19.6. The summed E-state index contributed by atoms with van der Waals surface area (Å²) < 4.78 is 0. The molecule has 4 nitrogen and oxygen atoms in total. The fourth-order valence-electron chi connectivity index (χ4n) is 3.09. The van der Waals surface area contributed by atoms with E-state index in [9.17, 15) is 5.11 Å². The first-order chi connectivity index (χ1) is 12.7. The first kappa shape index (κ1) is 16.1. The van der Waals surface area contributed by atoms with Gasteiger partial charge in [-0.3, -0.25) is 9.97 Å². The lowest BCUT2D eigenvalue weighted by Gasteiger charge is -2.22. The number of aryl methyl sites for hydroxylation is 1. The molecule has 0 fully saturated rings. The van der Waals surface area contributed by atoms with Gasteiger partial charge in [-0.25, -0.2) is 0 Å². The van der Waals surface area contributed by atoms with Crippen LogP contribution in [0.15, 0.2) is 79.3 Å². The summed E-state index contributed by atoms with van der Waals surface area (Å²) >= 11 is 0. The summed E-state index contributed by atoms with van der Waals surface area (Å²) in [4.78, 5) is 8.46. The zero-order valence-electron chi connectivity index (χ0n) is 14.4. The average Bonchev–Trinajstić information content (AvgIpc) is 2.69. The predicted octanol–water partition coefficient (Wildman–Crippen LogP) is 4.85. The molecule has 1 atom stereocenters. The number of nitrogens with zero attached hydrogens (tertiary/aromatic N) is 2. The molecule has 4 aromatic rings. The van der Waals surface area contributed by atoms with E-state index in [0.717, 1.165) is 22.2 Å². The molecule has 0 spiro atoms. The van der Waals surface area contributed by atoms with Gasteiger partial charge in [-0.1, -0.05) is 35.9 Å². The zero-order chi connectivity index (χ0) is 17.9. The fourth-order valence-corrected chi connectivity index (χ4v) is 3.09. The van der Waals surface area contributed by atoms with Crippen LogP contribution in [0.25, 0.3) is 10.9 Å². The molecular weight excluding hydrogens is 322 g/mol. The molecule has 26 heavy (non-hydrogen) atoms. The summed E-state index contributed by atoms with van der Waals surface area (Å²) in [7, 11) is 0. The minimum absolute atomic E-state index is 0.199. The highest BCUT2D eigenvalue weighted by molar-refractivity contribution is 5.86. The number of fused-ring (bicyclic) bond motifs is 1. The van der Waals surface area contributed by atoms with Crippen LogP contribution >= 0.6 is 0 Å². The Hall–Kier alpha value is -3.40. The van der Waals surface area contributed by atoms with E-state index in [4.69, 9.17) is 0 Å². The van der Waals surface area contributed by atoms with Crippen LogP contribution in [0, 0.1) is 6.92 Å². The summed E-state index contributed by atoms with van der Waals surface area (Å²) in [6.45, 7) is 2.06. The molecule has 2 N–H and O–H groups in total. The van der Waals surface area contributed by atoms with Crippen molar-refractivity contribution in [2.75, 3.05) is 5.32 Å². The van der Waals surface area contributed by atoms with E-state index in [1.807, 2.05) is 48.5 Å². The molecule has 0 aliphatic heterocycles. The van der Waals surface area contributed by atoms with Crippen LogP contribution in [0.5, 0.6) is 5.75 Å². The van der Waals surface area contributed by atoms with Crippen molar-refractivity contribution in [3.63, 3.8) is 0 Å². The van der Waals surface area contributed by atoms with Crippen molar-refractivity contribution in [1.29, 1.82) is 0 Å². The first-order valence-electron chi connectivity index (χ1n) is 8.52. The van der Waals surface area contributed by atoms with E-state index in [2.05, 4.69) is 34.3 Å². The van der Waals surface area contributed by atoms with Crippen molar-refractivity contribution in [1.82, 2.24) is 9.97 Å². The van der Waals surface area contributed by atoms with Gasteiger partial charge in [0.25, 0.3) is 0 Å². The highest BCUT2D eigenvalue weighted by atomic mass is 16.3. The van der Waals surface area contributed by atoms with Gasteiger partial charge in [-0.15, -0.1) is 0 Å². The van der Waals surface area contributed by atoms with Gasteiger partial charge in [0.1, 0.15) is 11.3 Å². The van der Waals surface area contributed by atoms with E-state index >= 15 is 0 Å². The predicted molar refractivity (Wildman–Crippen MR) is 104 cm³/mol. The normalized spacial score (nSPS) is 12.0. The van der Waals surface area contributed by atoms with Gasteiger partial charge in [0.15, 0.2) is 0 Å². The van der Waals surface area contributed by atoms with Gasteiger partial charge in [-0.2, -0.15) is 0 Å². The Morgan fingerprint density at radius 1 is 0.885 bits per heavy atom. The Kier molecular flexibility index (Phi) is 4.23. The Bertz CT molecular complexity index is 1030. The molecule has 4 heteroatoms. The molecule has 0 aliphatic rings. The van der Waals surface area contributed by atoms with Crippen molar-refractivity contribution in [3.8, 4) is 5.75 Å². The van der Waals surface area contributed by atoms with E-state index < -0.39 is 0 Å². The highest BCUT2D eigenvalue weighted by Crippen LogP contribution is 2.36. The van der Waals surface area contributed by atoms with Gasteiger partial charge in [0, 0.05) is 35.2 Å². The maximum atomic E-state index is 10.9. The lowest BCUT2D eigenvalue weighted by Crippen LogP contribution is -2.13. The number of aromatic nitrogens is 2. The lowest BCUT2D eigenvalue weighted by molar-refractivity contribution is 0.472. The van der Waals surface area contributed by atoms with Crippen LogP contribution in [-0.4, -0.2) is 15.1 Å². The van der Waals surface area contributed by atoms with Crippen molar-refractivity contribution in [2.45, 2.75) is 13.0 Å². The van der Waals surface area contributed by atoms with Crippen LogP contribution in [0.3, 0.4) is 0 Å². The third kappa shape index (κ3) is 3.09. The second kappa shape index (κ2) is 6.84. The minimum atomic E-state index is -0.216. The van der Waals surface area contributed by atoms with Crippen LogP contribution in [0.1, 0.15) is 22.7 Å². The van der Waals surface area contributed by atoms with Gasteiger partial charge in [0.2, 0.25) is 0 Å². The van der Waals surface area contributed by atoms with Crippen molar-refractivity contribution in [2.24, 2.45) is 0 Å². The van der Waals surface area contributed by atoms with E-state index in [-0.39, 0.29) is 11.8 Å². The second-order valence-electron chi connectivity index (χ2n) is 6.30. The fraction of sp³-hybridized carbons (Fsp3) is 0.0909. The molecule has 0 saturated heterocycles. The minimum Gasteiger partial charge on any atom is -0.505 e. The van der Waals surface area contributed by atoms with Gasteiger partial charge < -0.3 is 10.4 Å². The molecule has 2 aromatic heterocycles. The third-order valence-electron chi connectivity index (χ3n) is 4.49. The number of phenols is 1. The largest absolute Gasteiger partial charge is 0.505 e. The van der Waals surface area contributed by atoms with Gasteiger partial charge >= 0.3 is 0 Å². The molecule has 2 aromatic carbocycles. The highest BCUT2D eigenvalue weighted by Gasteiger charge is 2.19. The molecule has 4 rings (SSSR count). The Morgan fingerprint density at radius 2 is 1.65 bits per heavy atom. The van der Waals surface area contributed by atoms with Gasteiger partial charge in [-0.05, 0) is 42.8 Å². The van der Waals surface area contributed by atoms with Crippen LogP contribution < -0.4 is 5.32 Å². The zero-order valence-corrected chi connectivity index (χ0v) is 14.4. The number of hydrogen-bond donors (Lipinski definition) is 2. The lowest BCUT2D eigenvalue weighted by atomic mass is 9.96.